The molecule has 0 aromatic heterocycles. The van der Waals surface area contributed by atoms with Crippen LogP contribution in [0.4, 0.5) is 0 Å². The maximum atomic E-state index is 13.3. The van der Waals surface area contributed by atoms with Crippen LogP contribution in [0.25, 0.3) is 6.08 Å². The molecule has 0 saturated carbocycles. The summed E-state index contributed by atoms with van der Waals surface area (Å²) in [6, 6.07) is 7.40. The second-order valence-corrected chi connectivity index (χ2v) is 8.74. The van der Waals surface area contributed by atoms with E-state index in [4.69, 9.17) is 18.9 Å². The number of carbonyl (C=O) groups is 2. The second-order valence-electron chi connectivity index (χ2n) is 8.74. The molecule has 0 radical (unpaired) electrons. The number of piperazine rings is 1. The van der Waals surface area contributed by atoms with Crippen LogP contribution >= 0.6 is 0 Å². The van der Waals surface area contributed by atoms with E-state index in [0.717, 1.165) is 22.4 Å². The lowest BCUT2D eigenvalue weighted by Gasteiger charge is -2.35. The van der Waals surface area contributed by atoms with Crippen molar-refractivity contribution in [3.8, 4) is 23.0 Å². The third-order valence-corrected chi connectivity index (χ3v) is 6.63. The quantitative estimate of drug-likeness (QED) is 0.652. The third-order valence-electron chi connectivity index (χ3n) is 6.63. The fourth-order valence-corrected chi connectivity index (χ4v) is 4.45. The molecular weight excluding hydrogens is 448 g/mol. The Balaban J connectivity index is 1.46. The van der Waals surface area contributed by atoms with Crippen LogP contribution in [0.15, 0.2) is 29.8 Å². The van der Waals surface area contributed by atoms with Gasteiger partial charge in [-0.05, 0) is 55.3 Å². The molecule has 0 atom stereocenters. The number of aryl methyl sites for hydroxylation is 2. The van der Waals surface area contributed by atoms with E-state index < -0.39 is 0 Å². The molecule has 0 aliphatic carbocycles. The Morgan fingerprint density at radius 3 is 1.94 bits per heavy atom. The van der Waals surface area contributed by atoms with Crippen LogP contribution in [-0.2, 0) is 4.79 Å². The molecule has 2 heterocycles. The largest absolute Gasteiger partial charge is 0.493 e. The fourth-order valence-electron chi connectivity index (χ4n) is 4.45. The Hall–Kier alpha value is -3.68. The summed E-state index contributed by atoms with van der Waals surface area (Å²) in [7, 11) is 4.56. The molecule has 1 fully saturated rings. The topological polar surface area (TPSA) is 77.5 Å². The van der Waals surface area contributed by atoms with Gasteiger partial charge in [0.05, 0.1) is 27.9 Å². The summed E-state index contributed by atoms with van der Waals surface area (Å²) in [6.07, 6.45) is 2.50. The number of methoxy groups -OCH3 is 3. The number of nitrogens with zero attached hydrogens (tertiary/aromatic N) is 2. The van der Waals surface area contributed by atoms with E-state index in [1.807, 2.05) is 17.0 Å². The van der Waals surface area contributed by atoms with Gasteiger partial charge in [-0.1, -0.05) is 0 Å². The molecule has 2 amide bonds. The Morgan fingerprint density at radius 2 is 1.37 bits per heavy atom. The first kappa shape index (κ1) is 24.4. The van der Waals surface area contributed by atoms with E-state index in [-0.39, 0.29) is 11.8 Å². The number of amides is 2. The van der Waals surface area contributed by atoms with Gasteiger partial charge in [-0.2, -0.15) is 0 Å². The third kappa shape index (κ3) is 4.92. The molecule has 35 heavy (non-hydrogen) atoms. The minimum atomic E-state index is -0.141. The maximum absolute atomic E-state index is 13.3. The Morgan fingerprint density at radius 1 is 0.800 bits per heavy atom. The number of rotatable bonds is 5. The Labute approximate surface area is 206 Å². The van der Waals surface area contributed by atoms with Gasteiger partial charge in [0.2, 0.25) is 11.7 Å². The van der Waals surface area contributed by atoms with Crippen molar-refractivity contribution in [1.82, 2.24) is 9.80 Å². The molecule has 1 saturated heterocycles. The number of carbonyl (C=O) groups excluding carboxylic acids is 2. The highest BCUT2D eigenvalue weighted by molar-refractivity contribution is 5.99. The minimum absolute atomic E-state index is 0.000405. The van der Waals surface area contributed by atoms with Gasteiger partial charge in [-0.25, -0.2) is 0 Å². The molecule has 0 bridgehead atoms. The summed E-state index contributed by atoms with van der Waals surface area (Å²) in [4.78, 5) is 30.1. The van der Waals surface area contributed by atoms with E-state index in [1.54, 1.807) is 17.0 Å². The monoisotopic (exact) mass is 480 g/mol. The predicted octanol–water partition coefficient (Wildman–Crippen LogP) is 3.48. The Bertz CT molecular complexity index is 1140. The maximum Gasteiger partial charge on any atom is 0.254 e. The summed E-state index contributed by atoms with van der Waals surface area (Å²) >= 11 is 0. The number of benzene rings is 2. The van der Waals surface area contributed by atoms with Gasteiger partial charge in [0, 0.05) is 49.3 Å². The van der Waals surface area contributed by atoms with Gasteiger partial charge in [0.15, 0.2) is 11.5 Å². The SMILES string of the molecule is COc1cc(C(=O)N2CCN(C(=O)C3=Cc4cc(C)c(C)cc4OCC3)CC2)cc(OC)c1OC. The number of hydrogen-bond acceptors (Lipinski definition) is 6. The smallest absolute Gasteiger partial charge is 0.254 e. The van der Waals surface area contributed by atoms with Crippen molar-refractivity contribution in [1.29, 1.82) is 0 Å². The van der Waals surface area contributed by atoms with Crippen LogP contribution in [-0.4, -0.2) is 75.7 Å². The molecule has 0 spiro atoms. The predicted molar refractivity (Wildman–Crippen MR) is 133 cm³/mol. The summed E-state index contributed by atoms with van der Waals surface area (Å²) in [5.41, 5.74) is 4.45. The van der Waals surface area contributed by atoms with Crippen LogP contribution in [0.1, 0.15) is 33.5 Å². The van der Waals surface area contributed by atoms with Crippen LogP contribution in [0, 0.1) is 13.8 Å². The highest BCUT2D eigenvalue weighted by Crippen LogP contribution is 2.38. The zero-order valence-electron chi connectivity index (χ0n) is 21.0. The average Bonchev–Trinajstić information content (AvgIpc) is 3.09. The van der Waals surface area contributed by atoms with Gasteiger partial charge in [-0.15, -0.1) is 0 Å². The van der Waals surface area contributed by atoms with Gasteiger partial charge < -0.3 is 28.7 Å². The van der Waals surface area contributed by atoms with Gasteiger partial charge in [0.1, 0.15) is 5.75 Å². The minimum Gasteiger partial charge on any atom is -0.493 e. The molecule has 2 aromatic rings. The normalized spacial score (nSPS) is 15.4. The number of ether oxygens (including phenoxy) is 4. The fraction of sp³-hybridized carbons (Fsp3) is 0.407. The van der Waals surface area contributed by atoms with Crippen molar-refractivity contribution in [2.75, 3.05) is 54.1 Å². The number of fused-ring (bicyclic) bond motifs is 1. The summed E-state index contributed by atoms with van der Waals surface area (Å²) in [5.74, 6) is 1.97. The molecule has 2 aromatic carbocycles. The summed E-state index contributed by atoms with van der Waals surface area (Å²) in [6.45, 7) is 6.39. The lowest BCUT2D eigenvalue weighted by Crippen LogP contribution is -2.51. The Kier molecular flexibility index (Phi) is 7.19. The van der Waals surface area contributed by atoms with Crippen LogP contribution < -0.4 is 18.9 Å². The van der Waals surface area contributed by atoms with Crippen LogP contribution in [0.5, 0.6) is 23.0 Å². The first-order valence-corrected chi connectivity index (χ1v) is 11.7. The molecule has 4 rings (SSSR count). The average molecular weight is 481 g/mol. The lowest BCUT2D eigenvalue weighted by atomic mass is 10.0. The van der Waals surface area contributed by atoms with Crippen LogP contribution in [0.2, 0.25) is 0 Å². The number of hydrogen-bond donors (Lipinski definition) is 0. The molecular formula is C27H32N2O6. The van der Waals surface area contributed by atoms with Crippen molar-refractivity contribution >= 4 is 17.9 Å². The highest BCUT2D eigenvalue weighted by Gasteiger charge is 2.28. The summed E-state index contributed by atoms with van der Waals surface area (Å²) < 4.78 is 22.0. The van der Waals surface area contributed by atoms with Crippen molar-refractivity contribution < 1.29 is 28.5 Å². The van der Waals surface area contributed by atoms with Crippen molar-refractivity contribution in [2.45, 2.75) is 20.3 Å². The molecule has 8 nitrogen and oxygen atoms in total. The molecule has 0 unspecified atom stereocenters. The second kappa shape index (κ2) is 10.3. The zero-order valence-corrected chi connectivity index (χ0v) is 21.0. The van der Waals surface area contributed by atoms with Gasteiger partial charge in [0.25, 0.3) is 5.91 Å². The van der Waals surface area contributed by atoms with Crippen molar-refractivity contribution in [2.24, 2.45) is 0 Å². The molecule has 0 N–H and O–H groups in total. The van der Waals surface area contributed by atoms with E-state index >= 15 is 0 Å². The first-order chi connectivity index (χ1) is 16.9. The van der Waals surface area contributed by atoms with Crippen molar-refractivity contribution in [3.63, 3.8) is 0 Å². The van der Waals surface area contributed by atoms with E-state index in [1.165, 1.54) is 26.9 Å². The molecule has 2 aliphatic rings. The highest BCUT2D eigenvalue weighted by atomic mass is 16.5. The molecule has 2 aliphatic heterocycles. The van der Waals surface area contributed by atoms with E-state index in [0.29, 0.717) is 62.0 Å². The zero-order chi connectivity index (χ0) is 25.1. The first-order valence-electron chi connectivity index (χ1n) is 11.7. The standard InChI is InChI=1S/C27H32N2O6/c1-17-12-20-14-19(6-11-35-22(20)13-18(17)2)26(30)28-7-9-29(10-8-28)27(31)21-15-23(32-3)25(34-5)24(16-21)33-4/h12-16H,6-11H2,1-5H3. The van der Waals surface area contributed by atoms with E-state index in [9.17, 15) is 9.59 Å². The van der Waals surface area contributed by atoms with Gasteiger partial charge >= 0.3 is 0 Å². The lowest BCUT2D eigenvalue weighted by molar-refractivity contribution is -0.128. The molecule has 8 heteroatoms. The van der Waals surface area contributed by atoms with Crippen molar-refractivity contribution in [3.05, 3.63) is 52.1 Å². The van der Waals surface area contributed by atoms with Crippen LogP contribution in [0.3, 0.4) is 0 Å². The summed E-state index contributed by atoms with van der Waals surface area (Å²) in [5, 5.41) is 0. The van der Waals surface area contributed by atoms with E-state index in [2.05, 4.69) is 19.9 Å². The molecule has 186 valence electrons. The van der Waals surface area contributed by atoms with Gasteiger partial charge in [-0.3, -0.25) is 9.59 Å².